The molecule has 8 nitrogen and oxygen atoms in total. The summed E-state index contributed by atoms with van der Waals surface area (Å²) in [6.45, 7) is 7.35. The highest BCUT2D eigenvalue weighted by Gasteiger charge is 2.33. The van der Waals surface area contributed by atoms with Crippen molar-refractivity contribution in [2.24, 2.45) is 11.8 Å². The summed E-state index contributed by atoms with van der Waals surface area (Å²) in [5.74, 6) is -2.12. The minimum Gasteiger partial charge on any atom is -0.480 e. The number of aromatic nitrogens is 3. The van der Waals surface area contributed by atoms with Crippen molar-refractivity contribution < 1.29 is 14.7 Å². The second kappa shape index (κ2) is 8.75. The quantitative estimate of drug-likeness (QED) is 0.730. The van der Waals surface area contributed by atoms with Gasteiger partial charge < -0.3 is 10.4 Å². The molecule has 2 rings (SSSR count). The molecule has 0 aliphatic rings. The van der Waals surface area contributed by atoms with Gasteiger partial charge in [0.15, 0.2) is 0 Å². The molecule has 0 saturated carbocycles. The van der Waals surface area contributed by atoms with Crippen LogP contribution in [0, 0.1) is 11.8 Å². The largest absolute Gasteiger partial charge is 0.480 e. The molecule has 1 amide bonds. The van der Waals surface area contributed by atoms with E-state index in [0.717, 1.165) is 4.68 Å². The van der Waals surface area contributed by atoms with Crippen molar-refractivity contribution in [3.8, 4) is 0 Å². The van der Waals surface area contributed by atoms with E-state index in [1.54, 1.807) is 31.2 Å². The summed E-state index contributed by atoms with van der Waals surface area (Å²) in [6.07, 6.45) is 1.21. The van der Waals surface area contributed by atoms with E-state index in [9.17, 15) is 19.5 Å². The van der Waals surface area contributed by atoms with Crippen molar-refractivity contribution in [1.29, 1.82) is 0 Å². The van der Waals surface area contributed by atoms with Crippen LogP contribution >= 0.6 is 0 Å². The molecule has 0 saturated heterocycles. The molecule has 27 heavy (non-hydrogen) atoms. The summed E-state index contributed by atoms with van der Waals surface area (Å²) >= 11 is 0. The van der Waals surface area contributed by atoms with Crippen LogP contribution in [0.5, 0.6) is 0 Å². The predicted molar refractivity (Wildman–Crippen MR) is 101 cm³/mol. The summed E-state index contributed by atoms with van der Waals surface area (Å²) in [5.41, 5.74) is 0.0292. The number of carbonyl (C=O) groups is 2. The number of hydrogen-bond donors (Lipinski definition) is 2. The average Bonchev–Trinajstić information content (AvgIpc) is 2.67. The molecule has 0 bridgehead atoms. The monoisotopic (exact) mass is 374 g/mol. The van der Waals surface area contributed by atoms with Crippen LogP contribution in [-0.4, -0.2) is 38.0 Å². The fourth-order valence-corrected chi connectivity index (χ4v) is 2.94. The standard InChI is InChI=1S/C19H26N4O4/c1-5-11(3)15(19(26)27)20-17(24)16(12(4)6-2)23-18(25)13-9-7-8-10-14(13)21-22-23/h7-12,15-16H,5-6H2,1-4H3,(H,20,24)(H,26,27). The molecule has 0 aliphatic heterocycles. The van der Waals surface area contributed by atoms with E-state index in [1.807, 2.05) is 20.8 Å². The normalized spacial score (nSPS) is 15.7. The van der Waals surface area contributed by atoms with Crippen molar-refractivity contribution in [2.45, 2.75) is 52.6 Å². The molecule has 4 unspecified atom stereocenters. The summed E-state index contributed by atoms with van der Waals surface area (Å²) in [7, 11) is 0. The van der Waals surface area contributed by atoms with Gasteiger partial charge in [0, 0.05) is 0 Å². The van der Waals surface area contributed by atoms with Crippen LogP contribution < -0.4 is 10.9 Å². The van der Waals surface area contributed by atoms with E-state index in [1.165, 1.54) is 0 Å². The number of amides is 1. The minimum atomic E-state index is -1.10. The second-order valence-corrected chi connectivity index (χ2v) is 6.90. The number of benzene rings is 1. The Hall–Kier alpha value is -2.77. The Morgan fingerprint density at radius 2 is 1.78 bits per heavy atom. The number of hydrogen-bond acceptors (Lipinski definition) is 5. The van der Waals surface area contributed by atoms with E-state index >= 15 is 0 Å². The van der Waals surface area contributed by atoms with Gasteiger partial charge in [-0.3, -0.25) is 9.59 Å². The first-order valence-electron chi connectivity index (χ1n) is 9.19. The van der Waals surface area contributed by atoms with Crippen LogP contribution in [0.15, 0.2) is 29.1 Å². The number of nitrogens with one attached hydrogen (secondary N) is 1. The maximum absolute atomic E-state index is 13.0. The van der Waals surface area contributed by atoms with Crippen molar-refractivity contribution >= 4 is 22.8 Å². The molecule has 0 fully saturated rings. The molecule has 8 heteroatoms. The fourth-order valence-electron chi connectivity index (χ4n) is 2.94. The van der Waals surface area contributed by atoms with Crippen molar-refractivity contribution in [3.05, 3.63) is 34.6 Å². The summed E-state index contributed by atoms with van der Waals surface area (Å²) < 4.78 is 1.07. The first kappa shape index (κ1) is 20.5. The van der Waals surface area contributed by atoms with E-state index in [-0.39, 0.29) is 11.8 Å². The number of fused-ring (bicyclic) bond motifs is 1. The Balaban J connectivity index is 2.47. The van der Waals surface area contributed by atoms with Crippen LogP contribution in [0.25, 0.3) is 10.9 Å². The zero-order chi connectivity index (χ0) is 20.1. The molecule has 1 aromatic heterocycles. The first-order valence-corrected chi connectivity index (χ1v) is 9.19. The summed E-state index contributed by atoms with van der Waals surface area (Å²) in [6, 6.07) is 4.81. The molecule has 1 heterocycles. The van der Waals surface area contributed by atoms with Gasteiger partial charge in [0.2, 0.25) is 5.91 Å². The SMILES string of the molecule is CCC(C)C(NC(=O)C(C(C)CC)n1nnc2ccccc2c1=O)C(=O)O. The van der Waals surface area contributed by atoms with E-state index < -0.39 is 29.5 Å². The number of carbonyl (C=O) groups excluding carboxylic acids is 1. The molecule has 2 N–H and O–H groups in total. The Bertz CT molecular complexity index is 879. The van der Waals surface area contributed by atoms with Crippen LogP contribution in [0.3, 0.4) is 0 Å². The average molecular weight is 374 g/mol. The van der Waals surface area contributed by atoms with Crippen molar-refractivity contribution in [2.75, 3.05) is 0 Å². The lowest BCUT2D eigenvalue weighted by Gasteiger charge is -2.26. The lowest BCUT2D eigenvalue weighted by molar-refractivity contribution is -0.144. The number of aliphatic carboxylic acids is 1. The van der Waals surface area contributed by atoms with Gasteiger partial charge in [0.25, 0.3) is 5.56 Å². The van der Waals surface area contributed by atoms with E-state index in [4.69, 9.17) is 0 Å². The number of rotatable bonds is 8. The maximum atomic E-state index is 13.0. The molecule has 2 aromatic rings. The van der Waals surface area contributed by atoms with Crippen molar-refractivity contribution in [1.82, 2.24) is 20.3 Å². The molecule has 0 spiro atoms. The van der Waals surface area contributed by atoms with Crippen LogP contribution in [0.2, 0.25) is 0 Å². The van der Waals surface area contributed by atoms with Crippen molar-refractivity contribution in [3.63, 3.8) is 0 Å². The predicted octanol–water partition coefficient (Wildman–Crippen LogP) is 1.99. The van der Waals surface area contributed by atoms with Gasteiger partial charge in [0.05, 0.1) is 5.39 Å². The van der Waals surface area contributed by atoms with Gasteiger partial charge in [0.1, 0.15) is 17.6 Å². The number of carboxylic acids is 1. The highest BCUT2D eigenvalue weighted by atomic mass is 16.4. The molecule has 0 aliphatic carbocycles. The molecular formula is C19H26N4O4. The lowest BCUT2D eigenvalue weighted by atomic mass is 9.95. The Morgan fingerprint density at radius 1 is 1.15 bits per heavy atom. The van der Waals surface area contributed by atoms with Gasteiger partial charge in [-0.2, -0.15) is 4.68 Å². The molecule has 1 aromatic carbocycles. The zero-order valence-electron chi connectivity index (χ0n) is 16.0. The van der Waals surface area contributed by atoms with Gasteiger partial charge >= 0.3 is 5.97 Å². The fraction of sp³-hybridized carbons (Fsp3) is 0.526. The lowest BCUT2D eigenvalue weighted by Crippen LogP contribution is -2.50. The minimum absolute atomic E-state index is 0.232. The van der Waals surface area contributed by atoms with Gasteiger partial charge in [-0.1, -0.05) is 57.9 Å². The van der Waals surface area contributed by atoms with Crippen LogP contribution in [-0.2, 0) is 9.59 Å². The van der Waals surface area contributed by atoms with Crippen LogP contribution in [0.1, 0.15) is 46.6 Å². The smallest absolute Gasteiger partial charge is 0.326 e. The Morgan fingerprint density at radius 3 is 2.37 bits per heavy atom. The molecular weight excluding hydrogens is 348 g/mol. The Kier molecular flexibility index (Phi) is 6.65. The second-order valence-electron chi connectivity index (χ2n) is 6.90. The summed E-state index contributed by atoms with van der Waals surface area (Å²) in [4.78, 5) is 37.4. The summed E-state index contributed by atoms with van der Waals surface area (Å²) in [5, 5.41) is 20.4. The number of carboxylic acid groups (broad SMARTS) is 1. The topological polar surface area (TPSA) is 114 Å². The third-order valence-corrected chi connectivity index (χ3v) is 5.08. The van der Waals surface area contributed by atoms with Gasteiger partial charge in [-0.05, 0) is 24.0 Å². The third-order valence-electron chi connectivity index (χ3n) is 5.08. The van der Waals surface area contributed by atoms with Gasteiger partial charge in [-0.25, -0.2) is 4.79 Å². The van der Waals surface area contributed by atoms with Crippen LogP contribution in [0.4, 0.5) is 0 Å². The first-order chi connectivity index (χ1) is 12.8. The van der Waals surface area contributed by atoms with Gasteiger partial charge in [-0.15, -0.1) is 5.10 Å². The third kappa shape index (κ3) is 4.32. The van der Waals surface area contributed by atoms with E-state index in [2.05, 4.69) is 15.6 Å². The maximum Gasteiger partial charge on any atom is 0.326 e. The molecule has 4 atom stereocenters. The zero-order valence-corrected chi connectivity index (χ0v) is 16.0. The molecule has 0 radical (unpaired) electrons. The Labute approximate surface area is 157 Å². The highest BCUT2D eigenvalue weighted by Crippen LogP contribution is 2.21. The highest BCUT2D eigenvalue weighted by molar-refractivity contribution is 5.86. The van der Waals surface area contributed by atoms with E-state index in [0.29, 0.717) is 23.7 Å². The molecule has 146 valence electrons. The number of nitrogens with zero attached hydrogens (tertiary/aromatic N) is 3.